The van der Waals surface area contributed by atoms with Gasteiger partial charge in [-0.05, 0) is 37.3 Å². The molecule has 0 unspecified atom stereocenters. The lowest BCUT2D eigenvalue weighted by Crippen LogP contribution is -2.39. The molecule has 0 saturated carbocycles. The Morgan fingerprint density at radius 2 is 1.97 bits per heavy atom. The Morgan fingerprint density at radius 3 is 2.79 bits per heavy atom. The summed E-state index contributed by atoms with van der Waals surface area (Å²) < 4.78 is 0. The van der Waals surface area contributed by atoms with E-state index in [4.69, 9.17) is 0 Å². The Kier molecular flexibility index (Phi) is 6.04. The van der Waals surface area contributed by atoms with Crippen LogP contribution in [0.4, 0.5) is 11.8 Å². The molecule has 1 amide bonds. The highest BCUT2D eigenvalue weighted by atomic mass is 16.2. The number of nitrogens with one attached hydrogen (secondary N) is 1. The fourth-order valence-corrected chi connectivity index (χ4v) is 3.67. The van der Waals surface area contributed by atoms with Crippen LogP contribution in [0.1, 0.15) is 43.0 Å². The number of carbonyl (C=O) groups is 1. The van der Waals surface area contributed by atoms with Crippen LogP contribution in [0.3, 0.4) is 0 Å². The van der Waals surface area contributed by atoms with Crippen LogP contribution in [0.5, 0.6) is 0 Å². The van der Waals surface area contributed by atoms with E-state index in [1.807, 2.05) is 29.2 Å². The van der Waals surface area contributed by atoms with Crippen LogP contribution in [-0.4, -0.2) is 37.3 Å². The minimum absolute atomic E-state index is 0.0163. The first kappa shape index (κ1) is 19.0. The van der Waals surface area contributed by atoms with Crippen molar-refractivity contribution in [2.24, 2.45) is 0 Å². The highest BCUT2D eigenvalue weighted by molar-refractivity contribution is 5.77. The van der Waals surface area contributed by atoms with E-state index in [9.17, 15) is 4.79 Å². The van der Waals surface area contributed by atoms with E-state index >= 15 is 0 Å². The summed E-state index contributed by atoms with van der Waals surface area (Å²) in [4.78, 5) is 32.1. The van der Waals surface area contributed by atoms with Gasteiger partial charge in [0.25, 0.3) is 0 Å². The quantitative estimate of drug-likeness (QED) is 0.693. The summed E-state index contributed by atoms with van der Waals surface area (Å²) in [6, 6.07) is 12.0. The van der Waals surface area contributed by atoms with Crippen LogP contribution in [0.25, 0.3) is 0 Å². The van der Waals surface area contributed by atoms with Gasteiger partial charge in [-0.3, -0.25) is 9.78 Å². The lowest BCUT2D eigenvalue weighted by molar-refractivity contribution is -0.135. The minimum atomic E-state index is -0.0163. The zero-order valence-corrected chi connectivity index (χ0v) is 16.2. The SMILES string of the molecule is O=C(CCc1ccccc1)N1CCCC[C@@H]1c1ccnc(Nc2cnccn2)n1. The third kappa shape index (κ3) is 4.93. The van der Waals surface area contributed by atoms with E-state index in [1.165, 1.54) is 5.56 Å². The number of rotatable bonds is 6. The van der Waals surface area contributed by atoms with Crippen LogP contribution in [0.15, 0.2) is 61.2 Å². The number of likely N-dealkylation sites (tertiary alicyclic amines) is 1. The molecule has 1 aromatic carbocycles. The van der Waals surface area contributed by atoms with Gasteiger partial charge in [0, 0.05) is 31.6 Å². The molecule has 7 heteroatoms. The number of carbonyl (C=O) groups excluding carboxylic acids is 1. The molecule has 29 heavy (non-hydrogen) atoms. The van der Waals surface area contributed by atoms with Gasteiger partial charge in [0.15, 0.2) is 5.82 Å². The molecule has 7 nitrogen and oxygen atoms in total. The molecule has 1 saturated heterocycles. The van der Waals surface area contributed by atoms with Crippen molar-refractivity contribution in [2.45, 2.75) is 38.1 Å². The number of hydrogen-bond acceptors (Lipinski definition) is 6. The predicted molar refractivity (Wildman–Crippen MR) is 110 cm³/mol. The highest BCUT2D eigenvalue weighted by Gasteiger charge is 2.28. The number of aromatic nitrogens is 4. The average molecular weight is 388 g/mol. The van der Waals surface area contributed by atoms with Gasteiger partial charge in [0.1, 0.15) is 0 Å². The van der Waals surface area contributed by atoms with E-state index in [-0.39, 0.29) is 11.9 Å². The number of hydrogen-bond donors (Lipinski definition) is 1. The summed E-state index contributed by atoms with van der Waals surface area (Å²) in [5.74, 6) is 1.23. The van der Waals surface area contributed by atoms with E-state index in [0.29, 0.717) is 18.2 Å². The van der Waals surface area contributed by atoms with Gasteiger partial charge in [-0.25, -0.2) is 15.0 Å². The lowest BCUT2D eigenvalue weighted by atomic mass is 9.98. The third-order valence-corrected chi connectivity index (χ3v) is 5.12. The van der Waals surface area contributed by atoms with Crippen LogP contribution >= 0.6 is 0 Å². The number of anilines is 2. The molecule has 148 valence electrons. The highest BCUT2D eigenvalue weighted by Crippen LogP contribution is 2.31. The van der Waals surface area contributed by atoms with E-state index < -0.39 is 0 Å². The van der Waals surface area contributed by atoms with E-state index in [2.05, 4.69) is 37.4 Å². The molecular weight excluding hydrogens is 364 g/mol. The monoisotopic (exact) mass is 388 g/mol. The number of aryl methyl sites for hydroxylation is 1. The van der Waals surface area contributed by atoms with Crippen LogP contribution in [0.2, 0.25) is 0 Å². The number of amides is 1. The van der Waals surface area contributed by atoms with Gasteiger partial charge >= 0.3 is 0 Å². The standard InChI is InChI=1S/C22H24N6O/c29-21(10-9-17-6-2-1-3-7-17)28-15-5-4-8-19(28)18-11-12-25-22(26-18)27-20-16-23-13-14-24-20/h1-3,6-7,11-14,16,19H,4-5,8-10,15H2,(H,24,25,26,27)/t19-/m1/s1. The first-order chi connectivity index (χ1) is 14.3. The van der Waals surface area contributed by atoms with E-state index in [1.54, 1.807) is 24.8 Å². The maximum atomic E-state index is 13.0. The van der Waals surface area contributed by atoms with Gasteiger partial charge in [-0.1, -0.05) is 30.3 Å². The lowest BCUT2D eigenvalue weighted by Gasteiger charge is -2.35. The molecule has 1 atom stereocenters. The normalized spacial score (nSPS) is 16.4. The first-order valence-corrected chi connectivity index (χ1v) is 9.99. The van der Waals surface area contributed by atoms with Crippen molar-refractivity contribution in [2.75, 3.05) is 11.9 Å². The topological polar surface area (TPSA) is 83.9 Å². The van der Waals surface area contributed by atoms with Crippen molar-refractivity contribution in [3.05, 3.63) is 72.4 Å². The molecule has 0 aliphatic carbocycles. The van der Waals surface area contributed by atoms with Crippen LogP contribution in [-0.2, 0) is 11.2 Å². The van der Waals surface area contributed by atoms with Crippen molar-refractivity contribution >= 4 is 17.7 Å². The summed E-state index contributed by atoms with van der Waals surface area (Å²) in [7, 11) is 0. The maximum Gasteiger partial charge on any atom is 0.228 e. The van der Waals surface area contributed by atoms with Gasteiger partial charge < -0.3 is 10.2 Å². The Balaban J connectivity index is 1.47. The number of benzene rings is 1. The molecule has 1 aliphatic heterocycles. The van der Waals surface area contributed by atoms with Crippen molar-refractivity contribution in [1.29, 1.82) is 0 Å². The van der Waals surface area contributed by atoms with Crippen molar-refractivity contribution in [3.8, 4) is 0 Å². The summed E-state index contributed by atoms with van der Waals surface area (Å²) in [6.07, 6.45) is 10.9. The summed E-state index contributed by atoms with van der Waals surface area (Å²) in [5, 5.41) is 3.07. The van der Waals surface area contributed by atoms with Crippen molar-refractivity contribution < 1.29 is 4.79 Å². The molecule has 1 aliphatic rings. The Hall–Kier alpha value is -3.35. The summed E-state index contributed by atoms with van der Waals surface area (Å²) >= 11 is 0. The zero-order chi connectivity index (χ0) is 19.9. The average Bonchev–Trinajstić information content (AvgIpc) is 2.79. The maximum absolute atomic E-state index is 13.0. The first-order valence-electron chi connectivity index (χ1n) is 9.99. The van der Waals surface area contributed by atoms with Gasteiger partial charge in [0.05, 0.1) is 17.9 Å². The van der Waals surface area contributed by atoms with Gasteiger partial charge in [-0.15, -0.1) is 0 Å². The third-order valence-electron chi connectivity index (χ3n) is 5.12. The molecular formula is C22H24N6O. The molecule has 1 fully saturated rings. The van der Waals surface area contributed by atoms with Gasteiger partial charge in [0.2, 0.25) is 11.9 Å². The molecule has 3 heterocycles. The Labute approximate surface area is 170 Å². The van der Waals surface area contributed by atoms with E-state index in [0.717, 1.165) is 37.9 Å². The number of nitrogens with zero attached hydrogens (tertiary/aromatic N) is 5. The van der Waals surface area contributed by atoms with Crippen molar-refractivity contribution in [1.82, 2.24) is 24.8 Å². The minimum Gasteiger partial charge on any atom is -0.334 e. The second-order valence-electron chi connectivity index (χ2n) is 7.11. The molecule has 0 radical (unpaired) electrons. The molecule has 2 aromatic heterocycles. The molecule has 3 aromatic rings. The molecule has 0 spiro atoms. The molecule has 4 rings (SSSR count). The summed E-state index contributed by atoms with van der Waals surface area (Å²) in [5.41, 5.74) is 2.05. The largest absolute Gasteiger partial charge is 0.334 e. The Morgan fingerprint density at radius 1 is 1.07 bits per heavy atom. The smallest absolute Gasteiger partial charge is 0.228 e. The second kappa shape index (κ2) is 9.23. The van der Waals surface area contributed by atoms with Crippen LogP contribution in [0, 0.1) is 0 Å². The predicted octanol–water partition coefficient (Wildman–Crippen LogP) is 3.70. The Bertz CT molecular complexity index is 934. The van der Waals surface area contributed by atoms with Crippen LogP contribution < -0.4 is 5.32 Å². The summed E-state index contributed by atoms with van der Waals surface area (Å²) in [6.45, 7) is 0.773. The molecule has 0 bridgehead atoms. The fraction of sp³-hybridized carbons (Fsp3) is 0.318. The zero-order valence-electron chi connectivity index (χ0n) is 16.2. The fourth-order valence-electron chi connectivity index (χ4n) is 3.67. The molecule has 1 N–H and O–H groups in total. The van der Waals surface area contributed by atoms with Gasteiger partial charge in [-0.2, -0.15) is 0 Å². The van der Waals surface area contributed by atoms with Crippen molar-refractivity contribution in [3.63, 3.8) is 0 Å². The second-order valence-corrected chi connectivity index (χ2v) is 7.11. The number of piperidine rings is 1.